The van der Waals surface area contributed by atoms with Gasteiger partial charge >= 0.3 is 6.18 Å². The second-order valence-electron chi connectivity index (χ2n) is 4.08. The second kappa shape index (κ2) is 3.91. The summed E-state index contributed by atoms with van der Waals surface area (Å²) in [5, 5.41) is -0.453. The zero-order valence-corrected chi connectivity index (χ0v) is 9.00. The summed E-state index contributed by atoms with van der Waals surface area (Å²) in [5.41, 5.74) is -0.808. The highest BCUT2D eigenvalue weighted by Crippen LogP contribution is 2.37. The zero-order valence-electron chi connectivity index (χ0n) is 8.24. The number of alkyl halides is 3. The lowest BCUT2D eigenvalue weighted by molar-refractivity contribution is -0.137. The first-order valence-corrected chi connectivity index (χ1v) is 5.31. The summed E-state index contributed by atoms with van der Waals surface area (Å²) in [5.74, 6) is -0.407. The van der Waals surface area contributed by atoms with E-state index in [1.165, 1.54) is 0 Å². The summed E-state index contributed by atoms with van der Waals surface area (Å²) in [6.45, 7) is 0. The Morgan fingerprint density at radius 1 is 1.25 bits per heavy atom. The van der Waals surface area contributed by atoms with Gasteiger partial charge in [-0.15, -0.1) is 0 Å². The monoisotopic (exact) mass is 252 g/mol. The first-order chi connectivity index (χ1) is 7.38. The summed E-state index contributed by atoms with van der Waals surface area (Å²) in [6.07, 6.45) is -2.23. The normalized spacial score (nSPS) is 16.6. The summed E-state index contributed by atoms with van der Waals surface area (Å²) in [6, 6.07) is 1.49. The Bertz CT molecular complexity index is 407. The number of hydrogen-bond acceptors (Lipinski definition) is 0. The van der Waals surface area contributed by atoms with Crippen molar-refractivity contribution in [2.75, 3.05) is 0 Å². The highest BCUT2D eigenvalue weighted by atomic mass is 35.5. The molecule has 0 heterocycles. The van der Waals surface area contributed by atoms with Gasteiger partial charge < -0.3 is 0 Å². The van der Waals surface area contributed by atoms with Gasteiger partial charge in [-0.25, -0.2) is 4.39 Å². The van der Waals surface area contributed by atoms with Crippen LogP contribution >= 0.6 is 11.6 Å². The molecule has 0 nitrogen and oxygen atoms in total. The minimum absolute atomic E-state index is 0.0716. The predicted molar refractivity (Wildman–Crippen MR) is 52.8 cm³/mol. The first kappa shape index (κ1) is 11.7. The van der Waals surface area contributed by atoms with Gasteiger partial charge in [0.15, 0.2) is 0 Å². The van der Waals surface area contributed by atoms with Crippen molar-refractivity contribution in [1.29, 1.82) is 0 Å². The molecule has 0 spiro atoms. The molecule has 0 bridgehead atoms. The number of benzene rings is 1. The summed E-state index contributed by atoms with van der Waals surface area (Å²) in [4.78, 5) is 0. The molecule has 1 aromatic carbocycles. The van der Waals surface area contributed by atoms with E-state index in [-0.39, 0.29) is 5.56 Å². The van der Waals surface area contributed by atoms with Crippen molar-refractivity contribution in [2.45, 2.75) is 25.4 Å². The van der Waals surface area contributed by atoms with E-state index in [1.807, 2.05) is 0 Å². The molecule has 0 aromatic heterocycles. The Morgan fingerprint density at radius 3 is 2.38 bits per heavy atom. The smallest absolute Gasteiger partial charge is 0.205 e. The van der Waals surface area contributed by atoms with Gasteiger partial charge in [-0.2, -0.15) is 13.2 Å². The highest BCUT2D eigenvalue weighted by Gasteiger charge is 2.33. The minimum Gasteiger partial charge on any atom is -0.205 e. The molecule has 0 amide bonds. The van der Waals surface area contributed by atoms with Crippen LogP contribution in [0.4, 0.5) is 17.6 Å². The van der Waals surface area contributed by atoms with Gasteiger partial charge in [-0.1, -0.05) is 11.6 Å². The SMILES string of the molecule is Fc1c(Cl)cc(C(F)(F)F)cc1CC1CC1. The van der Waals surface area contributed by atoms with Gasteiger partial charge in [0.2, 0.25) is 0 Å². The van der Waals surface area contributed by atoms with Crippen molar-refractivity contribution in [3.8, 4) is 0 Å². The van der Waals surface area contributed by atoms with E-state index in [0.29, 0.717) is 18.4 Å². The summed E-state index contributed by atoms with van der Waals surface area (Å²) >= 11 is 5.45. The molecular formula is C11H9ClF4. The van der Waals surface area contributed by atoms with Gasteiger partial charge in [-0.05, 0) is 42.9 Å². The molecule has 1 saturated carbocycles. The Balaban J connectivity index is 2.38. The third kappa shape index (κ3) is 2.48. The van der Waals surface area contributed by atoms with Gasteiger partial charge in [0.25, 0.3) is 0 Å². The molecule has 1 aromatic rings. The Labute approximate surface area is 95.2 Å². The van der Waals surface area contributed by atoms with Crippen LogP contribution in [-0.4, -0.2) is 0 Å². The van der Waals surface area contributed by atoms with Crippen molar-refractivity contribution in [3.63, 3.8) is 0 Å². The topological polar surface area (TPSA) is 0 Å². The fourth-order valence-electron chi connectivity index (χ4n) is 1.59. The van der Waals surface area contributed by atoms with E-state index in [9.17, 15) is 17.6 Å². The molecule has 0 radical (unpaired) electrons. The van der Waals surface area contributed by atoms with Crippen LogP contribution in [0.25, 0.3) is 0 Å². The molecule has 0 saturated heterocycles. The standard InChI is InChI=1S/C11H9ClF4/c12-9-5-8(11(14,15)16)4-7(10(9)13)3-6-1-2-6/h4-6H,1-3H2. The van der Waals surface area contributed by atoms with Crippen molar-refractivity contribution in [2.24, 2.45) is 5.92 Å². The van der Waals surface area contributed by atoms with Crippen LogP contribution in [0.3, 0.4) is 0 Å². The van der Waals surface area contributed by atoms with E-state index >= 15 is 0 Å². The van der Waals surface area contributed by atoms with Crippen molar-refractivity contribution in [3.05, 3.63) is 34.1 Å². The maximum Gasteiger partial charge on any atom is 0.416 e. The molecular weight excluding hydrogens is 244 g/mol. The predicted octanol–water partition coefficient (Wildman–Crippen LogP) is 4.45. The molecule has 1 aliphatic carbocycles. The zero-order chi connectivity index (χ0) is 11.9. The Morgan fingerprint density at radius 2 is 1.88 bits per heavy atom. The number of hydrogen-bond donors (Lipinski definition) is 0. The van der Waals surface area contributed by atoms with Crippen molar-refractivity contribution in [1.82, 2.24) is 0 Å². The van der Waals surface area contributed by atoms with Gasteiger partial charge in [0, 0.05) is 0 Å². The molecule has 2 rings (SSSR count). The largest absolute Gasteiger partial charge is 0.416 e. The van der Waals surface area contributed by atoms with E-state index in [4.69, 9.17) is 11.6 Å². The van der Waals surface area contributed by atoms with Crippen LogP contribution in [0, 0.1) is 11.7 Å². The molecule has 0 aliphatic heterocycles. The fourth-order valence-corrected chi connectivity index (χ4v) is 1.83. The lowest BCUT2D eigenvalue weighted by Crippen LogP contribution is -2.07. The summed E-state index contributed by atoms with van der Waals surface area (Å²) < 4.78 is 50.8. The third-order valence-corrected chi connectivity index (χ3v) is 2.91. The summed E-state index contributed by atoms with van der Waals surface area (Å²) in [7, 11) is 0. The van der Waals surface area contributed by atoms with Gasteiger partial charge in [0.05, 0.1) is 10.6 Å². The molecule has 0 unspecified atom stereocenters. The maximum atomic E-state index is 13.5. The van der Waals surface area contributed by atoms with E-state index in [0.717, 1.165) is 18.9 Å². The number of halogens is 5. The van der Waals surface area contributed by atoms with Crippen LogP contribution in [0.15, 0.2) is 12.1 Å². The van der Waals surface area contributed by atoms with E-state index < -0.39 is 22.6 Å². The first-order valence-electron chi connectivity index (χ1n) is 4.93. The lowest BCUT2D eigenvalue weighted by atomic mass is 10.0. The van der Waals surface area contributed by atoms with Crippen molar-refractivity contribution >= 4 is 11.6 Å². The van der Waals surface area contributed by atoms with E-state index in [2.05, 4.69) is 0 Å². The Kier molecular flexibility index (Phi) is 2.86. The van der Waals surface area contributed by atoms with Crippen molar-refractivity contribution < 1.29 is 17.6 Å². The van der Waals surface area contributed by atoms with Crippen LogP contribution in [0.1, 0.15) is 24.0 Å². The number of rotatable bonds is 2. The lowest BCUT2D eigenvalue weighted by Gasteiger charge is -2.11. The third-order valence-electron chi connectivity index (χ3n) is 2.64. The van der Waals surface area contributed by atoms with Crippen LogP contribution in [-0.2, 0) is 12.6 Å². The average Bonchev–Trinajstić information content (AvgIpc) is 2.94. The second-order valence-corrected chi connectivity index (χ2v) is 4.48. The molecule has 16 heavy (non-hydrogen) atoms. The molecule has 1 fully saturated rings. The Hall–Kier alpha value is -0.770. The highest BCUT2D eigenvalue weighted by molar-refractivity contribution is 6.30. The van der Waals surface area contributed by atoms with Crippen LogP contribution in [0.2, 0.25) is 5.02 Å². The van der Waals surface area contributed by atoms with Crippen LogP contribution < -0.4 is 0 Å². The molecule has 0 atom stereocenters. The quantitative estimate of drug-likeness (QED) is 0.682. The van der Waals surface area contributed by atoms with E-state index in [1.54, 1.807) is 0 Å². The van der Waals surface area contributed by atoms with Crippen LogP contribution in [0.5, 0.6) is 0 Å². The average molecular weight is 253 g/mol. The minimum atomic E-state index is -4.48. The molecule has 0 N–H and O–H groups in total. The van der Waals surface area contributed by atoms with Gasteiger partial charge in [0.1, 0.15) is 5.82 Å². The maximum absolute atomic E-state index is 13.5. The molecule has 88 valence electrons. The van der Waals surface area contributed by atoms with Gasteiger partial charge in [-0.3, -0.25) is 0 Å². The molecule has 5 heteroatoms. The molecule has 1 aliphatic rings. The fraction of sp³-hybridized carbons (Fsp3) is 0.455.